The number of hydrogen-bond acceptors (Lipinski definition) is 2. The van der Waals surface area contributed by atoms with Gasteiger partial charge in [0.2, 0.25) is 0 Å². The number of nitrogens with one attached hydrogen (secondary N) is 1. The number of methoxy groups -OCH3 is 1. The Morgan fingerprint density at radius 3 is 1.44 bits per heavy atom. The van der Waals surface area contributed by atoms with E-state index in [1.807, 2.05) is 0 Å². The van der Waals surface area contributed by atoms with Crippen molar-refractivity contribution in [3.05, 3.63) is 0 Å². The lowest BCUT2D eigenvalue weighted by atomic mass is 9.93. The Balaban J connectivity index is 6.19. The molecule has 0 aliphatic heterocycles. The number of carbonyl (C=O) groups excluding carboxylic acids is 1. The van der Waals surface area contributed by atoms with Gasteiger partial charge in [0.15, 0.2) is 0 Å². The van der Waals surface area contributed by atoms with Crippen molar-refractivity contribution < 1.29 is 66.6 Å². The monoisotopic (exact) mass is 435 g/mol. The molecular weight excluding hydrogens is 425 g/mol. The minimum absolute atomic E-state index is 0.428. The molecule has 0 rings (SSSR count). The third-order valence-corrected chi connectivity index (χ3v) is 3.17. The van der Waals surface area contributed by atoms with Crippen LogP contribution >= 0.6 is 0 Å². The molecule has 0 radical (unpaired) electrons. The fraction of sp³-hybridized carbons (Fsp3) is 0.909. The molecule has 1 N–H and O–H groups in total. The number of rotatable bonds is 8. The zero-order valence-corrected chi connectivity index (χ0v) is 13.0. The van der Waals surface area contributed by atoms with Gasteiger partial charge in [-0.1, -0.05) is 6.92 Å². The Kier molecular flexibility index (Phi) is 6.77. The van der Waals surface area contributed by atoms with E-state index in [2.05, 4.69) is 4.74 Å². The number of hydrogen-bond donors (Lipinski definition) is 1. The van der Waals surface area contributed by atoms with Gasteiger partial charge in [-0.05, 0) is 6.42 Å². The van der Waals surface area contributed by atoms with Crippen LogP contribution in [0, 0.1) is 0 Å². The first-order valence-corrected chi connectivity index (χ1v) is 6.46. The first-order valence-electron chi connectivity index (χ1n) is 6.46. The summed E-state index contributed by atoms with van der Waals surface area (Å²) < 4.78 is 171. The van der Waals surface area contributed by atoms with Gasteiger partial charge in [0.05, 0.1) is 0 Å². The van der Waals surface area contributed by atoms with Gasteiger partial charge in [0.25, 0.3) is 5.91 Å². The van der Waals surface area contributed by atoms with Gasteiger partial charge in [-0.3, -0.25) is 4.79 Å². The fourth-order valence-corrected chi connectivity index (χ4v) is 1.48. The number of ether oxygens (including phenoxy) is 1. The highest BCUT2D eigenvalue weighted by molar-refractivity contribution is 5.85. The Morgan fingerprint density at radius 2 is 1.15 bits per heavy atom. The van der Waals surface area contributed by atoms with Crippen LogP contribution in [0.15, 0.2) is 0 Å². The molecule has 0 bridgehead atoms. The summed E-state index contributed by atoms with van der Waals surface area (Å²) >= 11 is 0. The zero-order chi connectivity index (χ0) is 22.3. The van der Waals surface area contributed by atoms with Crippen LogP contribution in [0.4, 0.5) is 57.1 Å². The van der Waals surface area contributed by atoms with E-state index in [1.165, 1.54) is 0 Å². The van der Waals surface area contributed by atoms with Gasteiger partial charge in [0.1, 0.15) is 6.23 Å². The summed E-state index contributed by atoms with van der Waals surface area (Å²) in [5, 5.41) is 0.876. The van der Waals surface area contributed by atoms with Crippen LogP contribution in [-0.4, -0.2) is 55.0 Å². The molecule has 162 valence electrons. The second-order valence-corrected chi connectivity index (χ2v) is 4.98. The molecule has 1 amide bonds. The molecule has 0 saturated carbocycles. The normalized spacial score (nSPS) is 16.3. The van der Waals surface area contributed by atoms with Crippen LogP contribution in [0.25, 0.3) is 0 Å². The van der Waals surface area contributed by atoms with Crippen molar-refractivity contribution in [2.75, 3.05) is 7.11 Å². The van der Waals surface area contributed by atoms with E-state index in [0.717, 1.165) is 19.4 Å². The fourth-order valence-electron chi connectivity index (χ4n) is 1.48. The SMILES string of the molecule is CCC(NC(=O)C(F)(F)C(F)(F)C(F)(F)C(F)(F)C(F)(F)C(F)(F)F)OC. The molecule has 1 atom stereocenters. The van der Waals surface area contributed by atoms with Gasteiger partial charge in [-0.15, -0.1) is 0 Å². The average Bonchev–Trinajstić information content (AvgIpc) is 2.50. The van der Waals surface area contributed by atoms with Crippen molar-refractivity contribution in [3.8, 4) is 0 Å². The van der Waals surface area contributed by atoms with E-state index in [4.69, 9.17) is 0 Å². The first-order chi connectivity index (χ1) is 11.7. The predicted octanol–water partition coefficient (Wildman–Crippen LogP) is 4.22. The van der Waals surface area contributed by atoms with Gasteiger partial charge >= 0.3 is 35.8 Å². The van der Waals surface area contributed by atoms with Gasteiger partial charge < -0.3 is 10.1 Å². The molecule has 0 fully saturated rings. The summed E-state index contributed by atoms with van der Waals surface area (Å²) in [5.41, 5.74) is 0. The summed E-state index contributed by atoms with van der Waals surface area (Å²) in [6.07, 6.45) is -9.75. The Hall–Kier alpha value is -1.48. The minimum atomic E-state index is -8.04. The van der Waals surface area contributed by atoms with Gasteiger partial charge in [-0.2, -0.15) is 57.1 Å². The average molecular weight is 435 g/mol. The summed E-state index contributed by atoms with van der Waals surface area (Å²) in [6.45, 7) is 1.09. The van der Waals surface area contributed by atoms with Crippen LogP contribution in [0.5, 0.6) is 0 Å². The molecule has 0 heterocycles. The zero-order valence-electron chi connectivity index (χ0n) is 13.0. The van der Waals surface area contributed by atoms with Gasteiger partial charge in [-0.25, -0.2) is 0 Å². The Bertz CT molecular complexity index is 539. The molecular formula is C11H10F13NO2. The number of carbonyl (C=O) groups is 1. The van der Waals surface area contributed by atoms with Gasteiger partial charge in [0, 0.05) is 7.11 Å². The lowest BCUT2D eigenvalue weighted by Gasteiger charge is -2.39. The first kappa shape index (κ1) is 25.5. The van der Waals surface area contributed by atoms with Crippen LogP contribution in [0.3, 0.4) is 0 Å². The van der Waals surface area contributed by atoms with E-state index < -0.39 is 54.3 Å². The maximum Gasteiger partial charge on any atom is 0.460 e. The maximum absolute atomic E-state index is 13.4. The Morgan fingerprint density at radius 1 is 0.778 bits per heavy atom. The molecule has 0 aromatic heterocycles. The molecule has 0 aromatic carbocycles. The number of halogens is 13. The molecule has 0 aliphatic rings. The third-order valence-electron chi connectivity index (χ3n) is 3.17. The van der Waals surface area contributed by atoms with Crippen molar-refractivity contribution in [2.24, 2.45) is 0 Å². The largest absolute Gasteiger partial charge is 0.460 e. The van der Waals surface area contributed by atoms with Crippen molar-refractivity contribution in [3.63, 3.8) is 0 Å². The summed E-state index contributed by atoms with van der Waals surface area (Å²) in [4.78, 5) is 11.1. The molecule has 27 heavy (non-hydrogen) atoms. The lowest BCUT2D eigenvalue weighted by molar-refractivity contribution is -0.436. The van der Waals surface area contributed by atoms with Crippen LogP contribution in [-0.2, 0) is 9.53 Å². The Labute approximate surface area is 141 Å². The maximum atomic E-state index is 13.4. The highest BCUT2D eigenvalue weighted by Gasteiger charge is 2.91. The second kappa shape index (κ2) is 7.16. The van der Waals surface area contributed by atoms with Crippen molar-refractivity contribution >= 4 is 5.91 Å². The van der Waals surface area contributed by atoms with Crippen molar-refractivity contribution in [1.29, 1.82) is 0 Å². The van der Waals surface area contributed by atoms with E-state index in [-0.39, 0.29) is 0 Å². The summed E-state index contributed by atoms with van der Waals surface area (Å²) in [7, 11) is 0.720. The van der Waals surface area contributed by atoms with Crippen LogP contribution < -0.4 is 5.32 Å². The second-order valence-electron chi connectivity index (χ2n) is 4.98. The quantitative estimate of drug-likeness (QED) is 0.458. The number of amides is 1. The lowest BCUT2D eigenvalue weighted by Crippen LogP contribution is -2.72. The predicted molar refractivity (Wildman–Crippen MR) is 60.0 cm³/mol. The standard InChI is InChI=1S/C11H10F13NO2/c1-3-4(27-2)25-5(26)6(12,13)7(14,15)8(16,17)9(18,19)10(20,21)11(22,23)24/h4H,3H2,1-2H3,(H,25,26). The van der Waals surface area contributed by atoms with Crippen molar-refractivity contribution in [1.82, 2.24) is 5.32 Å². The molecule has 0 aromatic rings. The molecule has 3 nitrogen and oxygen atoms in total. The van der Waals surface area contributed by atoms with Crippen LogP contribution in [0.2, 0.25) is 0 Å². The van der Waals surface area contributed by atoms with Crippen molar-refractivity contribution in [2.45, 2.75) is 55.4 Å². The topological polar surface area (TPSA) is 38.3 Å². The highest BCUT2D eigenvalue weighted by Crippen LogP contribution is 2.60. The molecule has 0 saturated heterocycles. The number of alkyl halides is 13. The molecule has 1 unspecified atom stereocenters. The van der Waals surface area contributed by atoms with E-state index in [0.29, 0.717) is 0 Å². The highest BCUT2D eigenvalue weighted by atomic mass is 19.4. The molecule has 0 spiro atoms. The smallest absolute Gasteiger partial charge is 0.362 e. The minimum Gasteiger partial charge on any atom is -0.362 e. The third kappa shape index (κ3) is 3.76. The van der Waals surface area contributed by atoms with Crippen LogP contribution in [0.1, 0.15) is 13.3 Å². The van der Waals surface area contributed by atoms with E-state index in [9.17, 15) is 61.9 Å². The molecule has 16 heteroatoms. The van der Waals surface area contributed by atoms with E-state index in [1.54, 1.807) is 0 Å². The van der Waals surface area contributed by atoms with E-state index >= 15 is 0 Å². The summed E-state index contributed by atoms with van der Waals surface area (Å²) in [5.74, 6) is -41.7. The molecule has 0 aliphatic carbocycles. The summed E-state index contributed by atoms with van der Waals surface area (Å²) in [6, 6.07) is 0.